The lowest BCUT2D eigenvalue weighted by Gasteiger charge is -2.32. The van der Waals surface area contributed by atoms with Gasteiger partial charge in [0, 0.05) is 43.1 Å². The molecule has 1 atom stereocenters. The number of carbonyl (C=O) groups is 2. The Labute approximate surface area is 253 Å². The lowest BCUT2D eigenvalue weighted by Crippen LogP contribution is -2.42. The number of rotatable bonds is 6. The average Bonchev–Trinajstić information content (AvgIpc) is 3.38. The van der Waals surface area contributed by atoms with Gasteiger partial charge in [-0.05, 0) is 61.7 Å². The number of halogens is 7. The molecule has 2 amide bonds. The number of hydrogen-bond acceptors (Lipinski definition) is 4. The van der Waals surface area contributed by atoms with Gasteiger partial charge in [0.1, 0.15) is 5.82 Å². The number of hydrogen-bond donors (Lipinski definition) is 1. The number of pyridine rings is 1. The fourth-order valence-corrected chi connectivity index (χ4v) is 5.61. The highest BCUT2D eigenvalue weighted by molar-refractivity contribution is 9.10. The standard InChI is InChI=1S/C30H29BrF6N4O2/c1-17(42)39-21-9-10-41(16-21)26-14-23(22-7-5-6-8-24(22)31)25(15-38-26)40(4)27(43)28(2,3)18-11-19(29(32,33)34)13-20(12-18)30(35,36)37/h5-8,11-15,21H,9-10,16H2,1-4H3,(H,39,42)/t21-/m0/s1. The van der Waals surface area contributed by atoms with Crippen LogP contribution in [0.4, 0.5) is 37.8 Å². The first kappa shape index (κ1) is 32.3. The Morgan fingerprint density at radius 1 is 0.953 bits per heavy atom. The van der Waals surface area contributed by atoms with E-state index in [1.165, 1.54) is 38.9 Å². The Kier molecular flexibility index (Phi) is 8.88. The Bertz CT molecular complexity index is 1510. The van der Waals surface area contributed by atoms with E-state index in [9.17, 15) is 35.9 Å². The van der Waals surface area contributed by atoms with Crippen molar-refractivity contribution in [2.24, 2.45) is 0 Å². The van der Waals surface area contributed by atoms with Crippen LogP contribution in [-0.2, 0) is 27.4 Å². The monoisotopic (exact) mass is 670 g/mol. The first-order chi connectivity index (χ1) is 19.9. The topological polar surface area (TPSA) is 65.5 Å². The summed E-state index contributed by atoms with van der Waals surface area (Å²) in [5.74, 6) is -0.306. The summed E-state index contributed by atoms with van der Waals surface area (Å²) in [4.78, 5) is 33.2. The highest BCUT2D eigenvalue weighted by atomic mass is 79.9. The maximum absolute atomic E-state index is 13.9. The highest BCUT2D eigenvalue weighted by Crippen LogP contribution is 2.42. The quantitative estimate of drug-likeness (QED) is 0.282. The van der Waals surface area contributed by atoms with Crippen molar-refractivity contribution >= 4 is 39.2 Å². The second kappa shape index (κ2) is 11.8. The Hall–Kier alpha value is -3.61. The van der Waals surface area contributed by atoms with Crippen molar-refractivity contribution in [2.75, 3.05) is 29.9 Å². The minimum Gasteiger partial charge on any atom is -0.354 e. The molecule has 1 aliphatic rings. The first-order valence-electron chi connectivity index (χ1n) is 13.2. The molecule has 0 bridgehead atoms. The highest BCUT2D eigenvalue weighted by Gasteiger charge is 2.41. The van der Waals surface area contributed by atoms with E-state index in [0.29, 0.717) is 58.7 Å². The molecule has 13 heteroatoms. The summed E-state index contributed by atoms with van der Waals surface area (Å²) in [6, 6.07) is 10.1. The van der Waals surface area contributed by atoms with E-state index in [2.05, 4.69) is 26.2 Å². The molecule has 2 aromatic carbocycles. The van der Waals surface area contributed by atoms with Crippen molar-refractivity contribution in [1.82, 2.24) is 10.3 Å². The summed E-state index contributed by atoms with van der Waals surface area (Å²) in [6.45, 7) is 5.14. The van der Waals surface area contributed by atoms with Crippen LogP contribution in [0.25, 0.3) is 11.1 Å². The summed E-state index contributed by atoms with van der Waals surface area (Å²) in [7, 11) is 1.40. The van der Waals surface area contributed by atoms with Crippen molar-refractivity contribution < 1.29 is 35.9 Å². The molecular formula is C30H29BrF6N4O2. The Morgan fingerprint density at radius 3 is 2.09 bits per heavy atom. The predicted molar refractivity (Wildman–Crippen MR) is 155 cm³/mol. The van der Waals surface area contributed by atoms with Crippen molar-refractivity contribution in [3.05, 3.63) is 75.9 Å². The number of carbonyl (C=O) groups excluding carboxylic acids is 2. The van der Waals surface area contributed by atoms with E-state index in [1.807, 2.05) is 11.0 Å². The van der Waals surface area contributed by atoms with Gasteiger partial charge < -0.3 is 15.1 Å². The molecule has 1 saturated heterocycles. The number of anilines is 2. The third kappa shape index (κ3) is 6.97. The second-order valence-electron chi connectivity index (χ2n) is 11.0. The van der Waals surface area contributed by atoms with Gasteiger partial charge in [0.2, 0.25) is 11.8 Å². The molecule has 1 aliphatic heterocycles. The zero-order chi connectivity index (χ0) is 31.9. The molecule has 6 nitrogen and oxygen atoms in total. The van der Waals surface area contributed by atoms with Crippen LogP contribution in [0.1, 0.15) is 43.9 Å². The van der Waals surface area contributed by atoms with E-state index < -0.39 is 40.4 Å². The number of benzene rings is 2. The lowest BCUT2D eigenvalue weighted by atomic mass is 9.81. The molecule has 43 heavy (non-hydrogen) atoms. The normalized spacial score (nSPS) is 15.9. The van der Waals surface area contributed by atoms with Crippen LogP contribution in [-0.4, -0.2) is 43.0 Å². The SMILES string of the molecule is CC(=O)N[C@H]1CCN(c2cc(-c3ccccc3Br)c(N(C)C(=O)C(C)(C)c3cc(C(F)(F)F)cc(C(F)(F)F)c3)cn2)C1. The molecule has 0 aliphatic carbocycles. The molecule has 0 unspecified atom stereocenters. The zero-order valence-electron chi connectivity index (χ0n) is 23.7. The van der Waals surface area contributed by atoms with E-state index in [4.69, 9.17) is 0 Å². The van der Waals surface area contributed by atoms with Gasteiger partial charge in [0.15, 0.2) is 0 Å². The molecule has 230 valence electrons. The molecule has 0 saturated carbocycles. The molecule has 1 fully saturated rings. The number of nitrogens with zero attached hydrogens (tertiary/aromatic N) is 3. The molecule has 4 rings (SSSR count). The van der Waals surface area contributed by atoms with Crippen LogP contribution >= 0.6 is 15.9 Å². The fourth-order valence-electron chi connectivity index (χ4n) is 5.11. The van der Waals surface area contributed by atoms with Crippen LogP contribution in [0.15, 0.2) is 59.2 Å². The fraction of sp³-hybridized carbons (Fsp3) is 0.367. The molecule has 1 aromatic heterocycles. The number of amides is 2. The van der Waals surface area contributed by atoms with Crippen LogP contribution in [0.2, 0.25) is 0 Å². The summed E-state index contributed by atoms with van der Waals surface area (Å²) >= 11 is 3.53. The smallest absolute Gasteiger partial charge is 0.354 e. The average molecular weight is 671 g/mol. The number of likely N-dealkylation sites (N-methyl/N-ethyl adjacent to an activating group) is 1. The summed E-state index contributed by atoms with van der Waals surface area (Å²) in [6.07, 6.45) is -7.95. The Morgan fingerprint density at radius 2 is 1.53 bits per heavy atom. The summed E-state index contributed by atoms with van der Waals surface area (Å²) in [5.41, 5.74) is -3.66. The third-order valence-corrected chi connectivity index (χ3v) is 8.15. The maximum atomic E-state index is 13.9. The van der Waals surface area contributed by atoms with Crippen molar-refractivity contribution in [3.63, 3.8) is 0 Å². The number of nitrogens with one attached hydrogen (secondary N) is 1. The van der Waals surface area contributed by atoms with Gasteiger partial charge in [-0.1, -0.05) is 34.1 Å². The zero-order valence-corrected chi connectivity index (χ0v) is 25.3. The van der Waals surface area contributed by atoms with E-state index in [0.717, 1.165) is 0 Å². The van der Waals surface area contributed by atoms with E-state index >= 15 is 0 Å². The Balaban J connectivity index is 1.77. The van der Waals surface area contributed by atoms with Crippen LogP contribution < -0.4 is 15.1 Å². The van der Waals surface area contributed by atoms with Crippen LogP contribution in [0.3, 0.4) is 0 Å². The number of alkyl halides is 6. The van der Waals surface area contributed by atoms with Gasteiger partial charge in [-0.2, -0.15) is 26.3 Å². The van der Waals surface area contributed by atoms with Crippen molar-refractivity contribution in [3.8, 4) is 11.1 Å². The van der Waals surface area contributed by atoms with E-state index in [-0.39, 0.29) is 18.0 Å². The third-order valence-electron chi connectivity index (χ3n) is 7.46. The van der Waals surface area contributed by atoms with Crippen LogP contribution in [0, 0.1) is 0 Å². The van der Waals surface area contributed by atoms with Crippen LogP contribution in [0.5, 0.6) is 0 Å². The maximum Gasteiger partial charge on any atom is 0.416 e. The van der Waals surface area contributed by atoms with Gasteiger partial charge in [0.25, 0.3) is 0 Å². The molecule has 2 heterocycles. The first-order valence-corrected chi connectivity index (χ1v) is 14.0. The second-order valence-corrected chi connectivity index (χ2v) is 11.8. The molecule has 3 aromatic rings. The predicted octanol–water partition coefficient (Wildman–Crippen LogP) is 7.20. The largest absolute Gasteiger partial charge is 0.416 e. The van der Waals surface area contributed by atoms with Gasteiger partial charge >= 0.3 is 12.4 Å². The lowest BCUT2D eigenvalue weighted by molar-refractivity contribution is -0.143. The minimum atomic E-state index is -5.05. The van der Waals surface area contributed by atoms with Gasteiger partial charge in [-0.3, -0.25) is 9.59 Å². The minimum absolute atomic E-state index is 0.0380. The van der Waals surface area contributed by atoms with Crippen molar-refractivity contribution in [1.29, 1.82) is 0 Å². The van der Waals surface area contributed by atoms with Crippen molar-refractivity contribution in [2.45, 2.75) is 51.0 Å². The molecule has 1 N–H and O–H groups in total. The molecule has 0 radical (unpaired) electrons. The van der Waals surface area contributed by atoms with Gasteiger partial charge in [-0.25, -0.2) is 4.98 Å². The van der Waals surface area contributed by atoms with Gasteiger partial charge in [0.05, 0.1) is 28.4 Å². The van der Waals surface area contributed by atoms with Gasteiger partial charge in [-0.15, -0.1) is 0 Å². The number of aromatic nitrogens is 1. The van der Waals surface area contributed by atoms with E-state index in [1.54, 1.807) is 24.3 Å². The molecular weight excluding hydrogens is 642 g/mol. The summed E-state index contributed by atoms with van der Waals surface area (Å²) < 4.78 is 82.2. The summed E-state index contributed by atoms with van der Waals surface area (Å²) in [5, 5.41) is 2.89. The molecule has 0 spiro atoms.